The van der Waals surface area contributed by atoms with Crippen LogP contribution in [-0.4, -0.2) is 0 Å². The Morgan fingerprint density at radius 3 is 1.97 bits per heavy atom. The highest BCUT2D eigenvalue weighted by molar-refractivity contribution is 5.64. The number of hydrogen-bond donors (Lipinski definition) is 0. The fraction of sp³-hybridized carbons (Fsp3) is 0.538. The third kappa shape index (κ3) is 6.33. The van der Waals surface area contributed by atoms with Crippen LogP contribution < -0.4 is 0 Å². The third-order valence-corrected chi connectivity index (χ3v) is 6.59. The van der Waals surface area contributed by atoms with Crippen LogP contribution in [0, 0.1) is 17.7 Å². The Hall–Kier alpha value is -1.84. The molecule has 0 saturated heterocycles. The first-order chi connectivity index (χ1) is 14.4. The van der Waals surface area contributed by atoms with E-state index >= 15 is 0 Å². The van der Waals surface area contributed by atoms with Crippen molar-refractivity contribution in [1.82, 2.24) is 0 Å². The molecule has 0 radical (unpaired) electrons. The molecule has 0 amide bonds. The fourth-order valence-corrected chi connectivity index (χ4v) is 4.65. The van der Waals surface area contributed by atoms with E-state index in [4.69, 9.17) is 0 Å². The van der Waals surface area contributed by atoms with Gasteiger partial charge < -0.3 is 0 Å². The van der Waals surface area contributed by atoms with Gasteiger partial charge in [0, 0.05) is 0 Å². The molecule has 0 aliphatic heterocycles. The zero-order chi connectivity index (χ0) is 21.6. The molecule has 2 aromatic carbocycles. The molecule has 0 nitrogen and oxygen atoms in total. The van der Waals surface area contributed by atoms with Gasteiger partial charge in [-0.25, -0.2) is 4.39 Å². The van der Waals surface area contributed by atoms with Gasteiger partial charge in [-0.15, -0.1) is 0 Å². The van der Waals surface area contributed by atoms with Crippen molar-refractivity contribution in [3.63, 3.8) is 0 Å². The number of alkyl halides is 3. The summed E-state index contributed by atoms with van der Waals surface area (Å²) in [5.41, 5.74) is 1.21. The minimum atomic E-state index is -4.67. The van der Waals surface area contributed by atoms with Crippen LogP contribution in [0.2, 0.25) is 0 Å². The zero-order valence-corrected chi connectivity index (χ0v) is 17.8. The summed E-state index contributed by atoms with van der Waals surface area (Å²) in [6.45, 7) is 2.26. The van der Waals surface area contributed by atoms with Crippen LogP contribution in [0.5, 0.6) is 0 Å². The topological polar surface area (TPSA) is 0 Å². The molecule has 0 aromatic heterocycles. The summed E-state index contributed by atoms with van der Waals surface area (Å²) in [6, 6.07) is 10.9. The van der Waals surface area contributed by atoms with Gasteiger partial charge in [-0.05, 0) is 53.5 Å². The molecule has 1 saturated carbocycles. The Morgan fingerprint density at radius 1 is 0.800 bits per heavy atom. The average Bonchev–Trinajstić information content (AvgIpc) is 2.73. The van der Waals surface area contributed by atoms with Gasteiger partial charge in [0.1, 0.15) is 5.82 Å². The van der Waals surface area contributed by atoms with Crippen LogP contribution in [0.4, 0.5) is 17.6 Å². The van der Waals surface area contributed by atoms with Gasteiger partial charge in [-0.3, -0.25) is 0 Å². The van der Waals surface area contributed by atoms with E-state index in [1.165, 1.54) is 69.4 Å². The smallest absolute Gasteiger partial charge is 0.206 e. The van der Waals surface area contributed by atoms with Crippen LogP contribution in [0.1, 0.15) is 75.8 Å². The Morgan fingerprint density at radius 2 is 1.40 bits per heavy atom. The van der Waals surface area contributed by atoms with Crippen molar-refractivity contribution in [3.8, 4) is 11.1 Å². The molecule has 3 rings (SSSR count). The van der Waals surface area contributed by atoms with Crippen LogP contribution in [0.3, 0.4) is 0 Å². The maximum absolute atomic E-state index is 13.8. The molecule has 1 fully saturated rings. The molecule has 0 heterocycles. The molecule has 0 unspecified atom stereocenters. The quantitative estimate of drug-likeness (QED) is 0.295. The van der Waals surface area contributed by atoms with Gasteiger partial charge in [0.2, 0.25) is 0 Å². The minimum Gasteiger partial charge on any atom is -0.206 e. The van der Waals surface area contributed by atoms with Gasteiger partial charge >= 0.3 is 6.18 Å². The Labute approximate surface area is 177 Å². The Kier molecular flexibility index (Phi) is 7.96. The summed E-state index contributed by atoms with van der Waals surface area (Å²) in [7, 11) is 0. The molecule has 2 aromatic rings. The predicted octanol–water partition coefficient (Wildman–Crippen LogP) is 8.83. The number of rotatable bonds is 8. The third-order valence-electron chi connectivity index (χ3n) is 6.59. The lowest BCUT2D eigenvalue weighted by Gasteiger charge is -2.28. The second kappa shape index (κ2) is 10.5. The molecule has 1 aliphatic carbocycles. The van der Waals surface area contributed by atoms with E-state index in [0.29, 0.717) is 5.56 Å². The maximum atomic E-state index is 13.8. The normalized spacial score (nSPS) is 19.8. The minimum absolute atomic E-state index is 0.466. The second-order valence-electron chi connectivity index (χ2n) is 8.81. The zero-order valence-electron chi connectivity index (χ0n) is 17.8. The number of unbranched alkanes of at least 4 members (excludes halogenated alkanes) is 2. The Balaban J connectivity index is 1.49. The summed E-state index contributed by atoms with van der Waals surface area (Å²) in [4.78, 5) is 0. The average molecular weight is 421 g/mol. The van der Waals surface area contributed by atoms with Gasteiger partial charge in [-0.1, -0.05) is 88.6 Å². The van der Waals surface area contributed by atoms with Gasteiger partial charge in [-0.2, -0.15) is 13.2 Å². The number of hydrogen-bond acceptors (Lipinski definition) is 0. The molecule has 0 bridgehead atoms. The lowest BCUT2D eigenvalue weighted by molar-refractivity contribution is -0.139. The highest BCUT2D eigenvalue weighted by Crippen LogP contribution is 2.35. The first kappa shape index (κ1) is 22.8. The molecule has 4 heteroatoms. The van der Waals surface area contributed by atoms with Crippen LogP contribution in [0.25, 0.3) is 11.1 Å². The molecule has 0 atom stereocenters. The lowest BCUT2D eigenvalue weighted by atomic mass is 9.78. The van der Waals surface area contributed by atoms with E-state index in [-0.39, 0.29) is 0 Å². The molecule has 0 N–H and O–H groups in total. The van der Waals surface area contributed by atoms with E-state index in [1.54, 1.807) is 0 Å². The summed E-state index contributed by atoms with van der Waals surface area (Å²) in [5.74, 6) is 0.502. The van der Waals surface area contributed by atoms with Crippen molar-refractivity contribution in [2.45, 2.75) is 77.3 Å². The number of aryl methyl sites for hydroxylation is 1. The second-order valence-corrected chi connectivity index (χ2v) is 8.81. The van der Waals surface area contributed by atoms with Crippen molar-refractivity contribution in [2.24, 2.45) is 11.8 Å². The van der Waals surface area contributed by atoms with Crippen molar-refractivity contribution >= 4 is 0 Å². The van der Waals surface area contributed by atoms with Gasteiger partial charge in [0.25, 0.3) is 0 Å². The molecule has 30 heavy (non-hydrogen) atoms. The summed E-state index contributed by atoms with van der Waals surface area (Å²) in [6.07, 6.45) is 8.37. The maximum Gasteiger partial charge on any atom is 0.419 e. The van der Waals surface area contributed by atoms with Crippen molar-refractivity contribution in [3.05, 3.63) is 59.4 Å². The molecule has 1 aliphatic rings. The van der Waals surface area contributed by atoms with Gasteiger partial charge in [0.05, 0.1) is 5.56 Å². The monoisotopic (exact) mass is 420 g/mol. The fourth-order valence-electron chi connectivity index (χ4n) is 4.65. The Bertz CT molecular complexity index is 784. The van der Waals surface area contributed by atoms with E-state index in [0.717, 1.165) is 36.0 Å². The van der Waals surface area contributed by atoms with Crippen LogP contribution in [0.15, 0.2) is 42.5 Å². The SMILES string of the molecule is CCCCCC1CCC(CCc2ccc(-c3ccc(C(F)(F)F)c(F)c3)cc2)CC1. The van der Waals surface area contributed by atoms with Crippen molar-refractivity contribution < 1.29 is 17.6 Å². The van der Waals surface area contributed by atoms with Crippen LogP contribution >= 0.6 is 0 Å². The standard InChI is InChI=1S/C26H32F4/c1-2-3-4-5-19-6-8-20(9-7-19)10-11-21-12-14-22(15-13-21)23-16-17-24(25(27)18-23)26(28,29)30/h12-20H,2-11H2,1H3. The highest BCUT2D eigenvalue weighted by Gasteiger charge is 2.33. The summed E-state index contributed by atoms with van der Waals surface area (Å²) >= 11 is 0. The van der Waals surface area contributed by atoms with E-state index in [1.807, 2.05) is 24.3 Å². The van der Waals surface area contributed by atoms with Crippen molar-refractivity contribution in [1.29, 1.82) is 0 Å². The summed E-state index contributed by atoms with van der Waals surface area (Å²) < 4.78 is 52.0. The van der Waals surface area contributed by atoms with Crippen molar-refractivity contribution in [2.75, 3.05) is 0 Å². The van der Waals surface area contributed by atoms with Gasteiger partial charge in [0.15, 0.2) is 0 Å². The molecule has 0 spiro atoms. The first-order valence-electron chi connectivity index (χ1n) is 11.3. The van der Waals surface area contributed by atoms with E-state index in [9.17, 15) is 17.6 Å². The van der Waals surface area contributed by atoms with E-state index in [2.05, 4.69) is 6.92 Å². The largest absolute Gasteiger partial charge is 0.419 e. The first-order valence-corrected chi connectivity index (χ1v) is 11.3. The summed E-state index contributed by atoms with van der Waals surface area (Å²) in [5, 5.41) is 0. The molecular formula is C26H32F4. The molecule has 164 valence electrons. The highest BCUT2D eigenvalue weighted by atomic mass is 19.4. The van der Waals surface area contributed by atoms with E-state index < -0.39 is 17.6 Å². The number of benzene rings is 2. The number of halogens is 4. The van der Waals surface area contributed by atoms with Crippen LogP contribution in [-0.2, 0) is 12.6 Å². The lowest BCUT2D eigenvalue weighted by Crippen LogP contribution is -2.15. The molecular weight excluding hydrogens is 388 g/mol. The predicted molar refractivity (Wildman–Crippen MR) is 115 cm³/mol.